The Morgan fingerprint density at radius 2 is 1.89 bits per heavy atom. The fourth-order valence-electron chi connectivity index (χ4n) is 3.38. The molecular weight excluding hydrogens is 428 g/mol. The Kier molecular flexibility index (Phi) is 4.89. The molecule has 1 heterocycles. The molecule has 3 aromatic carbocycles. The van der Waals surface area contributed by atoms with Crippen molar-refractivity contribution >= 4 is 61.5 Å². The summed E-state index contributed by atoms with van der Waals surface area (Å²) in [6.07, 6.45) is 0.194. The molecule has 4 rings (SSSR count). The van der Waals surface area contributed by atoms with Gasteiger partial charge in [-0.15, -0.1) is 0 Å². The van der Waals surface area contributed by atoms with Crippen LogP contribution in [0.15, 0.2) is 65.1 Å². The van der Waals surface area contributed by atoms with Gasteiger partial charge in [0, 0.05) is 28.5 Å². The predicted octanol–water partition coefficient (Wildman–Crippen LogP) is 5.25. The van der Waals surface area contributed by atoms with Crippen molar-refractivity contribution in [1.82, 2.24) is 0 Å². The summed E-state index contributed by atoms with van der Waals surface area (Å²) in [4.78, 5) is 27.0. The molecule has 0 radical (unpaired) electrons. The standard InChI is InChI=1S/C21H16BrClN2O2/c22-17-9-8-15(11-18(17)23)24-21(27)14-10-20(26)25(12-14)19-7-3-5-13-4-1-2-6-16(13)19/h1-9,11,14H,10,12H2,(H,24,27)/t14-/m1/s1. The van der Waals surface area contributed by atoms with Crippen molar-refractivity contribution in [3.05, 3.63) is 70.2 Å². The first-order chi connectivity index (χ1) is 13.0. The molecule has 27 heavy (non-hydrogen) atoms. The highest BCUT2D eigenvalue weighted by molar-refractivity contribution is 9.10. The monoisotopic (exact) mass is 442 g/mol. The van der Waals surface area contributed by atoms with E-state index in [1.165, 1.54) is 0 Å². The minimum Gasteiger partial charge on any atom is -0.326 e. The summed E-state index contributed by atoms with van der Waals surface area (Å²) >= 11 is 9.41. The maximum absolute atomic E-state index is 12.7. The summed E-state index contributed by atoms with van der Waals surface area (Å²) in [5, 5.41) is 5.46. The van der Waals surface area contributed by atoms with Gasteiger partial charge in [-0.3, -0.25) is 9.59 Å². The van der Waals surface area contributed by atoms with Gasteiger partial charge in [0.25, 0.3) is 0 Å². The molecule has 0 aromatic heterocycles. The summed E-state index contributed by atoms with van der Waals surface area (Å²) in [6.45, 7) is 0.364. The Morgan fingerprint density at radius 1 is 1.11 bits per heavy atom. The zero-order valence-corrected chi connectivity index (χ0v) is 16.6. The second kappa shape index (κ2) is 7.33. The lowest BCUT2D eigenvalue weighted by molar-refractivity contribution is -0.122. The molecule has 3 aromatic rings. The number of hydrogen-bond donors (Lipinski definition) is 1. The minimum absolute atomic E-state index is 0.0414. The highest BCUT2D eigenvalue weighted by Crippen LogP contribution is 2.32. The number of benzene rings is 3. The van der Waals surface area contributed by atoms with Crippen molar-refractivity contribution in [2.45, 2.75) is 6.42 Å². The molecule has 0 spiro atoms. The van der Waals surface area contributed by atoms with Crippen molar-refractivity contribution in [2.75, 3.05) is 16.8 Å². The van der Waals surface area contributed by atoms with Gasteiger partial charge in [0.1, 0.15) is 0 Å². The minimum atomic E-state index is -0.404. The maximum Gasteiger partial charge on any atom is 0.229 e. The Hall–Kier alpha value is -2.37. The lowest BCUT2D eigenvalue weighted by Crippen LogP contribution is -2.28. The van der Waals surface area contributed by atoms with E-state index in [1.807, 2.05) is 42.5 Å². The van der Waals surface area contributed by atoms with Crippen molar-refractivity contribution in [2.24, 2.45) is 5.92 Å². The summed E-state index contributed by atoms with van der Waals surface area (Å²) in [6, 6.07) is 19.0. The summed E-state index contributed by atoms with van der Waals surface area (Å²) in [5.41, 5.74) is 1.46. The Balaban J connectivity index is 1.55. The zero-order valence-electron chi connectivity index (χ0n) is 14.3. The highest BCUT2D eigenvalue weighted by atomic mass is 79.9. The summed E-state index contributed by atoms with van der Waals surface area (Å²) < 4.78 is 0.764. The molecule has 1 saturated heterocycles. The van der Waals surface area contributed by atoms with Crippen LogP contribution in [0.4, 0.5) is 11.4 Å². The van der Waals surface area contributed by atoms with Crippen LogP contribution in [-0.4, -0.2) is 18.4 Å². The van der Waals surface area contributed by atoms with E-state index in [0.29, 0.717) is 17.3 Å². The fraction of sp³-hybridized carbons (Fsp3) is 0.143. The molecule has 4 nitrogen and oxygen atoms in total. The Labute approximate surface area is 170 Å². The molecule has 0 saturated carbocycles. The van der Waals surface area contributed by atoms with E-state index < -0.39 is 5.92 Å². The third-order valence-corrected chi connectivity index (χ3v) is 5.97. The van der Waals surface area contributed by atoms with Crippen LogP contribution in [0, 0.1) is 5.92 Å². The molecule has 136 valence electrons. The maximum atomic E-state index is 12.7. The van der Waals surface area contributed by atoms with Gasteiger partial charge in [-0.05, 0) is 45.6 Å². The van der Waals surface area contributed by atoms with Gasteiger partial charge in [0.05, 0.1) is 16.6 Å². The number of halogens is 2. The van der Waals surface area contributed by atoms with Crippen molar-refractivity contribution in [3.8, 4) is 0 Å². The first-order valence-corrected chi connectivity index (χ1v) is 9.74. The Bertz CT molecular complexity index is 1050. The van der Waals surface area contributed by atoms with E-state index in [0.717, 1.165) is 20.9 Å². The van der Waals surface area contributed by atoms with Crippen molar-refractivity contribution in [1.29, 1.82) is 0 Å². The van der Waals surface area contributed by atoms with Crippen LogP contribution < -0.4 is 10.2 Å². The highest BCUT2D eigenvalue weighted by Gasteiger charge is 2.35. The van der Waals surface area contributed by atoms with Gasteiger partial charge >= 0.3 is 0 Å². The van der Waals surface area contributed by atoms with Crippen LogP contribution in [-0.2, 0) is 9.59 Å². The summed E-state index contributed by atoms with van der Waals surface area (Å²) in [5.74, 6) is -0.622. The van der Waals surface area contributed by atoms with E-state index in [4.69, 9.17) is 11.6 Å². The average Bonchev–Trinajstić information content (AvgIpc) is 3.06. The molecule has 0 bridgehead atoms. The predicted molar refractivity (Wildman–Crippen MR) is 112 cm³/mol. The number of fused-ring (bicyclic) bond motifs is 1. The number of nitrogens with zero attached hydrogens (tertiary/aromatic N) is 1. The van der Waals surface area contributed by atoms with Gasteiger partial charge < -0.3 is 10.2 Å². The molecule has 0 aliphatic carbocycles. The lowest BCUT2D eigenvalue weighted by atomic mass is 10.1. The van der Waals surface area contributed by atoms with E-state index in [1.54, 1.807) is 23.1 Å². The van der Waals surface area contributed by atoms with Gasteiger partial charge in [-0.1, -0.05) is 48.0 Å². The van der Waals surface area contributed by atoms with Crippen LogP contribution in [0.25, 0.3) is 10.8 Å². The molecule has 1 N–H and O–H groups in total. The third-order valence-electron chi connectivity index (χ3n) is 4.74. The first-order valence-electron chi connectivity index (χ1n) is 8.57. The molecule has 1 aliphatic rings. The van der Waals surface area contributed by atoms with E-state index >= 15 is 0 Å². The normalized spacial score (nSPS) is 16.7. The molecular formula is C21H16BrClN2O2. The topological polar surface area (TPSA) is 49.4 Å². The quantitative estimate of drug-likeness (QED) is 0.601. The van der Waals surface area contributed by atoms with Crippen molar-refractivity contribution in [3.63, 3.8) is 0 Å². The lowest BCUT2D eigenvalue weighted by Gasteiger charge is -2.19. The van der Waals surface area contributed by atoms with Gasteiger partial charge in [0.15, 0.2) is 0 Å². The third kappa shape index (κ3) is 3.57. The Morgan fingerprint density at radius 3 is 2.70 bits per heavy atom. The SMILES string of the molecule is O=C(Nc1ccc(Br)c(Cl)c1)[C@@H]1CC(=O)N(c2cccc3ccccc23)C1. The number of carbonyl (C=O) groups excluding carboxylic acids is 2. The average molecular weight is 444 g/mol. The van der Waals surface area contributed by atoms with E-state index in [2.05, 4.69) is 21.2 Å². The smallest absolute Gasteiger partial charge is 0.229 e. The fourth-order valence-corrected chi connectivity index (χ4v) is 3.81. The number of nitrogens with one attached hydrogen (secondary N) is 1. The molecule has 0 unspecified atom stereocenters. The number of carbonyl (C=O) groups is 2. The molecule has 1 atom stereocenters. The molecule has 1 fully saturated rings. The number of amides is 2. The van der Waals surface area contributed by atoms with Crippen LogP contribution in [0.5, 0.6) is 0 Å². The van der Waals surface area contributed by atoms with Gasteiger partial charge in [0.2, 0.25) is 11.8 Å². The van der Waals surface area contributed by atoms with Gasteiger partial charge in [-0.2, -0.15) is 0 Å². The van der Waals surface area contributed by atoms with Crippen LogP contribution in [0.1, 0.15) is 6.42 Å². The van der Waals surface area contributed by atoms with Crippen LogP contribution in [0.3, 0.4) is 0 Å². The van der Waals surface area contributed by atoms with Gasteiger partial charge in [-0.25, -0.2) is 0 Å². The van der Waals surface area contributed by atoms with Crippen molar-refractivity contribution < 1.29 is 9.59 Å². The second-order valence-electron chi connectivity index (χ2n) is 6.52. The second-order valence-corrected chi connectivity index (χ2v) is 7.78. The molecule has 6 heteroatoms. The number of hydrogen-bond acceptors (Lipinski definition) is 2. The molecule has 1 aliphatic heterocycles. The largest absolute Gasteiger partial charge is 0.326 e. The van der Waals surface area contributed by atoms with E-state index in [-0.39, 0.29) is 18.2 Å². The zero-order chi connectivity index (χ0) is 19.0. The number of rotatable bonds is 3. The van der Waals surface area contributed by atoms with E-state index in [9.17, 15) is 9.59 Å². The molecule has 2 amide bonds. The van der Waals surface area contributed by atoms with Crippen LogP contribution >= 0.6 is 27.5 Å². The number of anilines is 2. The van der Waals surface area contributed by atoms with Crippen LogP contribution in [0.2, 0.25) is 5.02 Å². The summed E-state index contributed by atoms with van der Waals surface area (Å²) in [7, 11) is 0. The first kappa shape index (κ1) is 18.0.